The van der Waals surface area contributed by atoms with Gasteiger partial charge in [-0.2, -0.15) is 13.2 Å². The predicted molar refractivity (Wildman–Crippen MR) is 81.1 cm³/mol. The summed E-state index contributed by atoms with van der Waals surface area (Å²) in [5, 5.41) is 14.9. The Morgan fingerprint density at radius 3 is 2.38 bits per heavy atom. The number of amides is 2. The van der Waals surface area contributed by atoms with E-state index < -0.39 is 34.9 Å². The van der Waals surface area contributed by atoms with E-state index in [4.69, 9.17) is 0 Å². The van der Waals surface area contributed by atoms with Gasteiger partial charge < -0.3 is 15.7 Å². The lowest BCUT2D eigenvalue weighted by Crippen LogP contribution is -2.44. The van der Waals surface area contributed by atoms with Gasteiger partial charge in [0.1, 0.15) is 5.82 Å². The number of alkyl halides is 3. The van der Waals surface area contributed by atoms with Gasteiger partial charge in [0.25, 0.3) is 0 Å². The highest BCUT2D eigenvalue weighted by Gasteiger charge is 2.32. The molecular weight excluding hydrogens is 328 g/mol. The molecule has 24 heavy (non-hydrogen) atoms. The molecule has 0 heterocycles. The molecule has 1 aromatic carbocycles. The molecule has 1 saturated carbocycles. The zero-order valence-electron chi connectivity index (χ0n) is 13.0. The number of halogens is 4. The summed E-state index contributed by atoms with van der Waals surface area (Å²) in [5.41, 5.74) is -2.64. The first-order valence-corrected chi connectivity index (χ1v) is 7.84. The number of nitrogens with one attached hydrogen (secondary N) is 2. The third kappa shape index (κ3) is 5.09. The second-order valence-electron chi connectivity index (χ2n) is 6.14. The number of anilines is 1. The fraction of sp³-hybridized carbons (Fsp3) is 0.562. The summed E-state index contributed by atoms with van der Waals surface area (Å²) in [6, 6.07) is 0.935. The average Bonchev–Trinajstić information content (AvgIpc) is 2.72. The van der Waals surface area contributed by atoms with Gasteiger partial charge in [0.2, 0.25) is 0 Å². The molecule has 0 unspecified atom stereocenters. The van der Waals surface area contributed by atoms with E-state index in [-0.39, 0.29) is 6.54 Å². The van der Waals surface area contributed by atoms with Crippen LogP contribution < -0.4 is 10.6 Å². The van der Waals surface area contributed by atoms with Crippen LogP contribution in [0.4, 0.5) is 28.0 Å². The van der Waals surface area contributed by atoms with Crippen molar-refractivity contribution in [3.05, 3.63) is 29.6 Å². The summed E-state index contributed by atoms with van der Waals surface area (Å²) >= 11 is 0. The van der Waals surface area contributed by atoms with Crippen LogP contribution in [0, 0.1) is 5.82 Å². The van der Waals surface area contributed by atoms with E-state index in [1.165, 1.54) is 0 Å². The summed E-state index contributed by atoms with van der Waals surface area (Å²) in [4.78, 5) is 11.8. The minimum Gasteiger partial charge on any atom is -0.388 e. The molecule has 4 nitrogen and oxygen atoms in total. The Bertz CT molecular complexity index is 582. The number of urea groups is 1. The van der Waals surface area contributed by atoms with Crippen molar-refractivity contribution in [3.8, 4) is 0 Å². The number of hydrogen-bond donors (Lipinski definition) is 3. The highest BCUT2D eigenvalue weighted by molar-refractivity contribution is 5.89. The van der Waals surface area contributed by atoms with Crippen molar-refractivity contribution in [3.63, 3.8) is 0 Å². The molecule has 0 spiro atoms. The molecule has 0 radical (unpaired) electrons. The maximum atomic E-state index is 13.6. The molecule has 2 amide bonds. The third-order valence-corrected chi connectivity index (χ3v) is 4.15. The second-order valence-corrected chi connectivity index (χ2v) is 6.14. The first-order chi connectivity index (χ1) is 11.2. The number of carbonyl (C=O) groups is 1. The van der Waals surface area contributed by atoms with E-state index in [1.807, 2.05) is 0 Å². The molecule has 0 bridgehead atoms. The maximum absolute atomic E-state index is 13.6. The van der Waals surface area contributed by atoms with Gasteiger partial charge in [-0.15, -0.1) is 0 Å². The monoisotopic (exact) mass is 348 g/mol. The van der Waals surface area contributed by atoms with Crippen LogP contribution in [0.5, 0.6) is 0 Å². The van der Waals surface area contributed by atoms with Crippen molar-refractivity contribution in [1.82, 2.24) is 5.32 Å². The lowest BCUT2D eigenvalue weighted by atomic mass is 9.95. The van der Waals surface area contributed by atoms with Crippen LogP contribution >= 0.6 is 0 Å². The van der Waals surface area contributed by atoms with Crippen LogP contribution in [-0.4, -0.2) is 23.3 Å². The lowest BCUT2D eigenvalue weighted by Gasteiger charge is -2.26. The van der Waals surface area contributed by atoms with Crippen LogP contribution in [0.3, 0.4) is 0 Å². The summed E-state index contributed by atoms with van der Waals surface area (Å²) in [7, 11) is 0. The first kappa shape index (κ1) is 18.5. The molecule has 8 heteroatoms. The largest absolute Gasteiger partial charge is 0.416 e. The minimum absolute atomic E-state index is 0.0284. The van der Waals surface area contributed by atoms with Gasteiger partial charge in [0.05, 0.1) is 16.9 Å². The van der Waals surface area contributed by atoms with E-state index in [1.54, 1.807) is 0 Å². The Morgan fingerprint density at radius 1 is 1.17 bits per heavy atom. The van der Waals surface area contributed by atoms with Crippen molar-refractivity contribution in [2.75, 3.05) is 11.9 Å². The van der Waals surface area contributed by atoms with Crippen molar-refractivity contribution >= 4 is 11.7 Å². The molecule has 0 aliphatic heterocycles. The van der Waals surface area contributed by atoms with Gasteiger partial charge in [0, 0.05) is 6.54 Å². The molecule has 1 aliphatic carbocycles. The average molecular weight is 348 g/mol. The standard InChI is InChI=1S/C16H20F4N2O2/c17-12-6-5-11(16(18,19)20)9-13(12)22-14(23)21-10-15(24)7-3-1-2-4-8-15/h5-6,9,24H,1-4,7-8,10H2,(H2,21,22,23). The van der Waals surface area contributed by atoms with Crippen LogP contribution in [0.15, 0.2) is 18.2 Å². The maximum Gasteiger partial charge on any atom is 0.416 e. The highest BCUT2D eigenvalue weighted by Crippen LogP contribution is 2.32. The van der Waals surface area contributed by atoms with Crippen LogP contribution in [-0.2, 0) is 6.18 Å². The smallest absolute Gasteiger partial charge is 0.388 e. The second kappa shape index (κ2) is 7.38. The van der Waals surface area contributed by atoms with E-state index in [2.05, 4.69) is 10.6 Å². The number of carbonyl (C=O) groups excluding carboxylic acids is 1. The van der Waals surface area contributed by atoms with Crippen LogP contribution in [0.2, 0.25) is 0 Å². The van der Waals surface area contributed by atoms with Gasteiger partial charge in [-0.3, -0.25) is 0 Å². The minimum atomic E-state index is -4.63. The van der Waals surface area contributed by atoms with Crippen molar-refractivity contribution in [2.24, 2.45) is 0 Å². The molecule has 134 valence electrons. The third-order valence-electron chi connectivity index (χ3n) is 4.15. The van der Waals surface area contributed by atoms with E-state index in [0.717, 1.165) is 25.7 Å². The molecule has 0 saturated heterocycles. The Hall–Kier alpha value is -1.83. The first-order valence-electron chi connectivity index (χ1n) is 7.84. The fourth-order valence-corrected chi connectivity index (χ4v) is 2.77. The molecule has 3 N–H and O–H groups in total. The van der Waals surface area contributed by atoms with Crippen molar-refractivity contribution in [1.29, 1.82) is 0 Å². The Morgan fingerprint density at radius 2 is 1.79 bits per heavy atom. The Balaban J connectivity index is 1.97. The summed E-state index contributed by atoms with van der Waals surface area (Å²) in [6.45, 7) is -0.0284. The predicted octanol–water partition coefficient (Wildman–Crippen LogP) is 4.05. The van der Waals surface area contributed by atoms with Crippen LogP contribution in [0.1, 0.15) is 44.1 Å². The highest BCUT2D eigenvalue weighted by atomic mass is 19.4. The zero-order valence-corrected chi connectivity index (χ0v) is 13.0. The van der Waals surface area contributed by atoms with Gasteiger partial charge in [-0.25, -0.2) is 9.18 Å². The van der Waals surface area contributed by atoms with Gasteiger partial charge in [-0.1, -0.05) is 25.7 Å². The SMILES string of the molecule is O=C(NCC1(O)CCCCCC1)Nc1cc(C(F)(F)F)ccc1F. The molecule has 0 aromatic heterocycles. The van der Waals surface area contributed by atoms with E-state index >= 15 is 0 Å². The molecular formula is C16H20F4N2O2. The Labute approximate surface area is 137 Å². The van der Waals surface area contributed by atoms with Crippen LogP contribution in [0.25, 0.3) is 0 Å². The number of aliphatic hydroxyl groups is 1. The van der Waals surface area contributed by atoms with Gasteiger partial charge >= 0.3 is 12.2 Å². The lowest BCUT2D eigenvalue weighted by molar-refractivity contribution is -0.137. The topological polar surface area (TPSA) is 61.4 Å². The summed E-state index contributed by atoms with van der Waals surface area (Å²) < 4.78 is 51.5. The van der Waals surface area contributed by atoms with Gasteiger partial charge in [0.15, 0.2) is 0 Å². The van der Waals surface area contributed by atoms with E-state index in [0.29, 0.717) is 31.0 Å². The number of benzene rings is 1. The molecule has 1 fully saturated rings. The number of rotatable bonds is 3. The zero-order chi connectivity index (χ0) is 17.8. The normalized spacial score (nSPS) is 17.9. The van der Waals surface area contributed by atoms with Gasteiger partial charge in [-0.05, 0) is 31.0 Å². The molecule has 0 atom stereocenters. The van der Waals surface area contributed by atoms with E-state index in [9.17, 15) is 27.5 Å². The molecule has 2 rings (SSSR count). The van der Waals surface area contributed by atoms with Crippen molar-refractivity contribution < 1.29 is 27.5 Å². The summed E-state index contributed by atoms with van der Waals surface area (Å²) in [5.74, 6) is -0.966. The fourth-order valence-electron chi connectivity index (χ4n) is 2.77. The quantitative estimate of drug-likeness (QED) is 0.570. The van der Waals surface area contributed by atoms with Crippen molar-refractivity contribution in [2.45, 2.75) is 50.3 Å². The molecule has 1 aromatic rings. The Kier molecular flexibility index (Phi) is 5.69. The number of hydrogen-bond acceptors (Lipinski definition) is 2. The summed E-state index contributed by atoms with van der Waals surface area (Å²) in [6.07, 6.45) is 0.199. The molecule has 1 aliphatic rings.